The monoisotopic (exact) mass is 247 g/mol. The summed E-state index contributed by atoms with van der Waals surface area (Å²) in [5.41, 5.74) is 1.04. The van der Waals surface area contributed by atoms with Crippen LogP contribution in [0.4, 0.5) is 0 Å². The van der Waals surface area contributed by atoms with Gasteiger partial charge in [-0.15, -0.1) is 0 Å². The highest BCUT2D eigenvalue weighted by molar-refractivity contribution is 5.91. The molecule has 3 heteroatoms. The first-order valence-electron chi connectivity index (χ1n) is 6.29. The second-order valence-corrected chi connectivity index (χ2v) is 5.40. The maximum absolute atomic E-state index is 11.5. The summed E-state index contributed by atoms with van der Waals surface area (Å²) < 4.78 is 0.926. The van der Waals surface area contributed by atoms with Crippen molar-refractivity contribution >= 4 is 12.0 Å². The Bertz CT molecular complexity index is 391. The molecule has 1 N–H and O–H groups in total. The lowest BCUT2D eigenvalue weighted by Crippen LogP contribution is -2.37. The minimum absolute atomic E-state index is 0.0275. The van der Waals surface area contributed by atoms with E-state index in [2.05, 4.69) is 26.5 Å². The maximum Gasteiger partial charge on any atom is 0.244 e. The van der Waals surface area contributed by atoms with Gasteiger partial charge in [-0.1, -0.05) is 30.3 Å². The maximum atomic E-state index is 11.5. The zero-order valence-electron chi connectivity index (χ0n) is 11.5. The molecule has 0 bridgehead atoms. The van der Waals surface area contributed by atoms with Crippen molar-refractivity contribution in [2.75, 3.05) is 34.2 Å². The van der Waals surface area contributed by atoms with Gasteiger partial charge in [-0.2, -0.15) is 0 Å². The first-order chi connectivity index (χ1) is 8.47. The van der Waals surface area contributed by atoms with Gasteiger partial charge in [0.2, 0.25) is 5.91 Å². The molecule has 0 unspecified atom stereocenters. The van der Waals surface area contributed by atoms with Crippen molar-refractivity contribution in [1.29, 1.82) is 0 Å². The van der Waals surface area contributed by atoms with Gasteiger partial charge in [-0.25, -0.2) is 0 Å². The van der Waals surface area contributed by atoms with Crippen LogP contribution >= 0.6 is 0 Å². The van der Waals surface area contributed by atoms with Gasteiger partial charge in [0.05, 0.1) is 27.7 Å². The quantitative estimate of drug-likeness (QED) is 0.464. The van der Waals surface area contributed by atoms with Crippen LogP contribution < -0.4 is 5.32 Å². The Balaban J connectivity index is 2.24. The van der Waals surface area contributed by atoms with E-state index in [9.17, 15) is 4.79 Å². The van der Waals surface area contributed by atoms with Gasteiger partial charge in [-0.3, -0.25) is 4.79 Å². The van der Waals surface area contributed by atoms with Gasteiger partial charge in [0, 0.05) is 19.0 Å². The van der Waals surface area contributed by atoms with Crippen LogP contribution in [-0.2, 0) is 4.79 Å². The summed E-state index contributed by atoms with van der Waals surface area (Å²) in [5.74, 6) is -0.0275. The number of rotatable bonds is 6. The molecule has 0 heterocycles. The molecule has 0 fully saturated rings. The molecule has 1 aromatic carbocycles. The second kappa shape index (κ2) is 6.97. The highest BCUT2D eigenvalue weighted by atomic mass is 16.1. The first-order valence-corrected chi connectivity index (χ1v) is 6.29. The van der Waals surface area contributed by atoms with Crippen LogP contribution in [-0.4, -0.2) is 44.6 Å². The molecule has 1 amide bonds. The number of quaternary nitrogens is 1. The third kappa shape index (κ3) is 6.86. The van der Waals surface area contributed by atoms with Crippen molar-refractivity contribution in [1.82, 2.24) is 5.32 Å². The van der Waals surface area contributed by atoms with Crippen LogP contribution in [0.15, 0.2) is 36.4 Å². The molecule has 0 aliphatic rings. The Morgan fingerprint density at radius 2 is 1.89 bits per heavy atom. The molecule has 0 aromatic heterocycles. The number of carbonyl (C=O) groups is 1. The van der Waals surface area contributed by atoms with Crippen molar-refractivity contribution in [2.45, 2.75) is 6.42 Å². The van der Waals surface area contributed by atoms with Gasteiger partial charge in [0.1, 0.15) is 0 Å². The van der Waals surface area contributed by atoms with Gasteiger partial charge >= 0.3 is 0 Å². The standard InChI is InChI=1S/C15H22N2O/c1-17(2,3)13-7-12-16-15(18)11-10-14-8-5-4-6-9-14/h4-6,8-11H,7,12-13H2,1-3H3/p+1/b11-10+. The van der Waals surface area contributed by atoms with Crippen molar-refractivity contribution in [2.24, 2.45) is 0 Å². The fourth-order valence-corrected chi connectivity index (χ4v) is 1.56. The SMILES string of the molecule is C[N+](C)(C)CCCNC(=O)/C=C/c1ccccc1. The number of amides is 1. The van der Waals surface area contributed by atoms with Gasteiger partial charge < -0.3 is 9.80 Å². The number of benzene rings is 1. The molecule has 0 atom stereocenters. The number of hydrogen-bond donors (Lipinski definition) is 1. The van der Waals surface area contributed by atoms with Crippen molar-refractivity contribution in [3.8, 4) is 0 Å². The fraction of sp³-hybridized carbons (Fsp3) is 0.400. The number of nitrogens with one attached hydrogen (secondary N) is 1. The summed E-state index contributed by atoms with van der Waals surface area (Å²) in [6.45, 7) is 1.79. The van der Waals surface area contributed by atoms with E-state index in [1.54, 1.807) is 6.08 Å². The molecular weight excluding hydrogens is 224 g/mol. The Labute approximate surface area is 110 Å². The van der Waals surface area contributed by atoms with E-state index >= 15 is 0 Å². The third-order valence-electron chi connectivity index (χ3n) is 2.53. The average molecular weight is 247 g/mol. The van der Waals surface area contributed by atoms with Crippen LogP contribution in [0.5, 0.6) is 0 Å². The Morgan fingerprint density at radius 1 is 1.22 bits per heavy atom. The lowest BCUT2D eigenvalue weighted by molar-refractivity contribution is -0.870. The lowest BCUT2D eigenvalue weighted by Gasteiger charge is -2.23. The minimum atomic E-state index is -0.0275. The molecule has 18 heavy (non-hydrogen) atoms. The molecule has 3 nitrogen and oxygen atoms in total. The van der Waals surface area contributed by atoms with Crippen molar-refractivity contribution < 1.29 is 9.28 Å². The Hall–Kier alpha value is -1.61. The molecule has 1 aromatic rings. The number of carbonyl (C=O) groups excluding carboxylic acids is 1. The van der Waals surface area contributed by atoms with Crippen LogP contribution in [0.2, 0.25) is 0 Å². The zero-order valence-corrected chi connectivity index (χ0v) is 11.5. The summed E-state index contributed by atoms with van der Waals surface area (Å²) in [4.78, 5) is 11.5. The van der Waals surface area contributed by atoms with E-state index in [1.165, 1.54) is 0 Å². The second-order valence-electron chi connectivity index (χ2n) is 5.40. The van der Waals surface area contributed by atoms with Crippen LogP contribution in [0.25, 0.3) is 6.08 Å². The van der Waals surface area contributed by atoms with E-state index in [-0.39, 0.29) is 5.91 Å². The summed E-state index contributed by atoms with van der Waals surface area (Å²) in [6.07, 6.45) is 4.41. The fourth-order valence-electron chi connectivity index (χ4n) is 1.56. The summed E-state index contributed by atoms with van der Waals surface area (Å²) in [6, 6.07) is 9.82. The van der Waals surface area contributed by atoms with Crippen LogP contribution in [0.1, 0.15) is 12.0 Å². The predicted molar refractivity (Wildman–Crippen MR) is 76.0 cm³/mol. The minimum Gasteiger partial charge on any atom is -0.352 e. The van der Waals surface area contributed by atoms with E-state index < -0.39 is 0 Å². The molecular formula is C15H23N2O+. The average Bonchev–Trinajstić information content (AvgIpc) is 2.32. The normalized spacial score (nSPS) is 11.7. The Morgan fingerprint density at radius 3 is 2.50 bits per heavy atom. The molecule has 0 aliphatic carbocycles. The number of hydrogen-bond acceptors (Lipinski definition) is 1. The largest absolute Gasteiger partial charge is 0.352 e. The van der Waals surface area contributed by atoms with E-state index in [0.29, 0.717) is 0 Å². The highest BCUT2D eigenvalue weighted by Crippen LogP contribution is 2.00. The topological polar surface area (TPSA) is 29.1 Å². The summed E-state index contributed by atoms with van der Waals surface area (Å²) in [5, 5.41) is 2.89. The molecule has 0 spiro atoms. The van der Waals surface area contributed by atoms with Crippen molar-refractivity contribution in [3.05, 3.63) is 42.0 Å². The van der Waals surface area contributed by atoms with E-state index in [1.807, 2.05) is 36.4 Å². The zero-order chi connectivity index (χ0) is 13.4. The van der Waals surface area contributed by atoms with E-state index in [4.69, 9.17) is 0 Å². The smallest absolute Gasteiger partial charge is 0.244 e. The summed E-state index contributed by atoms with van der Waals surface area (Å²) >= 11 is 0. The van der Waals surface area contributed by atoms with Crippen molar-refractivity contribution in [3.63, 3.8) is 0 Å². The highest BCUT2D eigenvalue weighted by Gasteiger charge is 2.05. The number of nitrogens with zero attached hydrogens (tertiary/aromatic N) is 1. The van der Waals surface area contributed by atoms with Gasteiger partial charge in [0.25, 0.3) is 0 Å². The van der Waals surface area contributed by atoms with Gasteiger partial charge in [0.15, 0.2) is 0 Å². The summed E-state index contributed by atoms with van der Waals surface area (Å²) in [7, 11) is 6.45. The molecule has 1 rings (SSSR count). The lowest BCUT2D eigenvalue weighted by atomic mass is 10.2. The molecule has 0 radical (unpaired) electrons. The predicted octanol–water partition coefficient (Wildman–Crippen LogP) is 1.91. The van der Waals surface area contributed by atoms with E-state index in [0.717, 1.165) is 29.6 Å². The molecule has 0 saturated heterocycles. The van der Waals surface area contributed by atoms with Crippen LogP contribution in [0, 0.1) is 0 Å². The first kappa shape index (κ1) is 14.5. The third-order valence-corrected chi connectivity index (χ3v) is 2.53. The molecule has 0 saturated carbocycles. The molecule has 0 aliphatic heterocycles. The van der Waals surface area contributed by atoms with Gasteiger partial charge in [-0.05, 0) is 11.6 Å². The van der Waals surface area contributed by atoms with Crippen LogP contribution in [0.3, 0.4) is 0 Å². The Kier molecular flexibility index (Phi) is 5.59. The molecule has 98 valence electrons.